The molecule has 1 atom stereocenters. The van der Waals surface area contributed by atoms with E-state index >= 15 is 0 Å². The monoisotopic (exact) mass is 316 g/mol. The van der Waals surface area contributed by atoms with Crippen molar-refractivity contribution in [1.29, 1.82) is 0 Å². The Morgan fingerprint density at radius 3 is 2.62 bits per heavy atom. The first-order chi connectivity index (χ1) is 9.88. The van der Waals surface area contributed by atoms with E-state index in [1.807, 2.05) is 0 Å². The molecule has 0 unspecified atom stereocenters. The lowest BCUT2D eigenvalue weighted by Crippen LogP contribution is -2.48. The number of amides is 1. The minimum Gasteiger partial charge on any atom is -0.441 e. The number of piperidine rings is 1. The number of likely N-dealkylation sites (N-methyl/N-ethyl adjacent to an activating group) is 1. The Morgan fingerprint density at radius 1 is 1.33 bits per heavy atom. The molecule has 0 aromatic heterocycles. The Bertz CT molecular complexity index is 511. The van der Waals surface area contributed by atoms with Crippen molar-refractivity contribution < 1.29 is 17.9 Å². The largest absolute Gasteiger partial charge is 0.441 e. The Labute approximate surface area is 126 Å². The van der Waals surface area contributed by atoms with E-state index in [0.717, 1.165) is 45.3 Å². The SMILES string of the molecule is CN1CC2(CCN(C[C@@H]3CCCS(=O)(=O)C3)CC2)OC1=O. The number of nitrogens with zero attached hydrogens (tertiary/aromatic N) is 2. The molecule has 3 aliphatic rings. The van der Waals surface area contributed by atoms with E-state index in [2.05, 4.69) is 4.90 Å². The Kier molecular flexibility index (Phi) is 3.90. The van der Waals surface area contributed by atoms with Crippen LogP contribution in [-0.2, 0) is 14.6 Å². The first-order valence-electron chi connectivity index (χ1n) is 7.74. The van der Waals surface area contributed by atoms with Crippen LogP contribution in [0.15, 0.2) is 0 Å². The number of likely N-dealkylation sites (tertiary alicyclic amines) is 1. The second-order valence-electron chi connectivity index (χ2n) is 6.83. The van der Waals surface area contributed by atoms with Crippen LogP contribution in [0.25, 0.3) is 0 Å². The summed E-state index contributed by atoms with van der Waals surface area (Å²) in [5.41, 5.74) is -0.305. The summed E-state index contributed by atoms with van der Waals surface area (Å²) >= 11 is 0. The van der Waals surface area contributed by atoms with E-state index in [-0.39, 0.29) is 17.6 Å². The minimum atomic E-state index is -2.82. The molecular weight excluding hydrogens is 292 g/mol. The third-order valence-corrected chi connectivity index (χ3v) is 6.87. The van der Waals surface area contributed by atoms with Crippen LogP contribution in [0.2, 0.25) is 0 Å². The summed E-state index contributed by atoms with van der Waals surface area (Å²) in [5.74, 6) is 0.966. The van der Waals surface area contributed by atoms with Gasteiger partial charge in [-0.05, 0) is 18.8 Å². The third-order valence-electron chi connectivity index (χ3n) is 4.98. The zero-order valence-electron chi connectivity index (χ0n) is 12.6. The summed E-state index contributed by atoms with van der Waals surface area (Å²) in [5, 5.41) is 0. The molecular formula is C14H24N2O4S. The zero-order valence-corrected chi connectivity index (χ0v) is 13.4. The topological polar surface area (TPSA) is 66.9 Å². The van der Waals surface area contributed by atoms with Gasteiger partial charge in [0.2, 0.25) is 0 Å². The Morgan fingerprint density at radius 2 is 2.05 bits per heavy atom. The fourth-order valence-electron chi connectivity index (χ4n) is 3.82. The normalized spacial score (nSPS) is 32.3. The van der Waals surface area contributed by atoms with E-state index < -0.39 is 9.84 Å². The number of rotatable bonds is 2. The molecule has 0 N–H and O–H groups in total. The summed E-state index contributed by atoms with van der Waals surface area (Å²) in [6, 6.07) is 0. The van der Waals surface area contributed by atoms with E-state index in [1.54, 1.807) is 11.9 Å². The molecule has 3 saturated heterocycles. The second kappa shape index (κ2) is 5.43. The standard InChI is InChI=1S/C14H24N2O4S/c1-15-11-14(20-13(15)17)4-6-16(7-5-14)9-12-3-2-8-21(18,19)10-12/h12H,2-11H2,1H3/t12-/m0/s1. The number of carbonyl (C=O) groups excluding carboxylic acids is 1. The second-order valence-corrected chi connectivity index (χ2v) is 9.06. The molecule has 3 heterocycles. The minimum absolute atomic E-state index is 0.221. The van der Waals surface area contributed by atoms with Crippen molar-refractivity contribution in [1.82, 2.24) is 9.80 Å². The lowest BCUT2D eigenvalue weighted by molar-refractivity contribution is -0.00235. The summed E-state index contributed by atoms with van der Waals surface area (Å²) in [6.45, 7) is 3.31. The van der Waals surface area contributed by atoms with Gasteiger partial charge >= 0.3 is 6.09 Å². The molecule has 0 bridgehead atoms. The van der Waals surface area contributed by atoms with E-state index in [4.69, 9.17) is 4.74 Å². The number of sulfone groups is 1. The molecule has 21 heavy (non-hydrogen) atoms. The maximum atomic E-state index is 11.7. The van der Waals surface area contributed by atoms with Crippen molar-refractivity contribution in [3.63, 3.8) is 0 Å². The van der Waals surface area contributed by atoms with Crippen molar-refractivity contribution in [3.05, 3.63) is 0 Å². The molecule has 0 aromatic rings. The highest BCUT2D eigenvalue weighted by atomic mass is 32.2. The van der Waals surface area contributed by atoms with E-state index in [1.165, 1.54) is 0 Å². The molecule has 6 nitrogen and oxygen atoms in total. The summed E-state index contributed by atoms with van der Waals surface area (Å²) < 4.78 is 28.9. The maximum absolute atomic E-state index is 11.7. The predicted octanol–water partition coefficient (Wildman–Crippen LogP) is 0.728. The van der Waals surface area contributed by atoms with Crippen molar-refractivity contribution in [2.24, 2.45) is 5.92 Å². The van der Waals surface area contributed by atoms with Gasteiger partial charge in [-0.25, -0.2) is 13.2 Å². The van der Waals surface area contributed by atoms with Gasteiger partial charge in [-0.1, -0.05) is 0 Å². The maximum Gasteiger partial charge on any atom is 0.410 e. The molecule has 0 radical (unpaired) electrons. The van der Waals surface area contributed by atoms with Gasteiger partial charge in [0.1, 0.15) is 5.60 Å². The smallest absolute Gasteiger partial charge is 0.410 e. The molecule has 0 aliphatic carbocycles. The molecule has 3 fully saturated rings. The van der Waals surface area contributed by atoms with Crippen LogP contribution in [0.3, 0.4) is 0 Å². The average molecular weight is 316 g/mol. The molecule has 1 amide bonds. The van der Waals surface area contributed by atoms with Crippen LogP contribution in [0.4, 0.5) is 4.79 Å². The summed E-state index contributed by atoms with van der Waals surface area (Å²) in [6.07, 6.45) is 3.29. The van der Waals surface area contributed by atoms with Gasteiger partial charge in [0.05, 0.1) is 18.1 Å². The summed E-state index contributed by atoms with van der Waals surface area (Å²) in [7, 11) is -1.05. The molecule has 120 valence electrons. The van der Waals surface area contributed by atoms with Crippen molar-refractivity contribution >= 4 is 15.9 Å². The van der Waals surface area contributed by atoms with Gasteiger partial charge in [-0.2, -0.15) is 0 Å². The quantitative estimate of drug-likeness (QED) is 0.751. The Balaban J connectivity index is 1.51. The highest BCUT2D eigenvalue weighted by molar-refractivity contribution is 7.91. The average Bonchev–Trinajstić information content (AvgIpc) is 2.67. The van der Waals surface area contributed by atoms with Gasteiger partial charge in [-0.15, -0.1) is 0 Å². The highest BCUT2D eigenvalue weighted by Gasteiger charge is 2.45. The number of carbonyl (C=O) groups is 1. The van der Waals surface area contributed by atoms with Crippen LogP contribution in [-0.4, -0.2) is 74.6 Å². The fourth-order valence-corrected chi connectivity index (χ4v) is 5.59. The van der Waals surface area contributed by atoms with Gasteiger partial charge in [-0.3, -0.25) is 0 Å². The fraction of sp³-hybridized carbons (Fsp3) is 0.929. The summed E-state index contributed by atoms with van der Waals surface area (Å²) in [4.78, 5) is 15.5. The highest BCUT2D eigenvalue weighted by Crippen LogP contribution is 2.33. The van der Waals surface area contributed by atoms with E-state index in [9.17, 15) is 13.2 Å². The Hall–Kier alpha value is -0.820. The van der Waals surface area contributed by atoms with Gasteiger partial charge in [0.15, 0.2) is 9.84 Å². The first kappa shape index (κ1) is 15.1. The van der Waals surface area contributed by atoms with Crippen molar-refractivity contribution in [2.75, 3.05) is 44.7 Å². The third kappa shape index (κ3) is 3.34. The van der Waals surface area contributed by atoms with Crippen molar-refractivity contribution in [3.8, 4) is 0 Å². The molecule has 3 aliphatic heterocycles. The van der Waals surface area contributed by atoms with Crippen LogP contribution < -0.4 is 0 Å². The molecule has 0 aromatic carbocycles. The molecule has 1 spiro atoms. The van der Waals surface area contributed by atoms with Crippen LogP contribution in [0.1, 0.15) is 25.7 Å². The molecule has 0 saturated carbocycles. The van der Waals surface area contributed by atoms with Crippen LogP contribution in [0.5, 0.6) is 0 Å². The molecule has 7 heteroatoms. The molecule has 3 rings (SSSR count). The number of ether oxygens (including phenoxy) is 1. The number of hydrogen-bond donors (Lipinski definition) is 0. The van der Waals surface area contributed by atoms with Gasteiger partial charge < -0.3 is 14.5 Å². The lowest BCUT2D eigenvalue weighted by Gasteiger charge is -2.39. The zero-order chi connectivity index (χ0) is 15.1. The lowest BCUT2D eigenvalue weighted by atomic mass is 9.90. The van der Waals surface area contributed by atoms with Gasteiger partial charge in [0, 0.05) is 39.5 Å². The van der Waals surface area contributed by atoms with Crippen molar-refractivity contribution in [2.45, 2.75) is 31.3 Å². The van der Waals surface area contributed by atoms with Crippen LogP contribution >= 0.6 is 0 Å². The van der Waals surface area contributed by atoms with E-state index in [0.29, 0.717) is 18.1 Å². The first-order valence-corrected chi connectivity index (χ1v) is 9.57. The van der Waals surface area contributed by atoms with Crippen LogP contribution in [0, 0.1) is 5.92 Å². The van der Waals surface area contributed by atoms with Gasteiger partial charge in [0.25, 0.3) is 0 Å². The number of hydrogen-bond acceptors (Lipinski definition) is 5. The predicted molar refractivity (Wildman–Crippen MR) is 78.9 cm³/mol.